The maximum absolute atomic E-state index is 12.1. The van der Waals surface area contributed by atoms with E-state index in [4.69, 9.17) is 5.73 Å². The predicted octanol–water partition coefficient (Wildman–Crippen LogP) is 3.07. The van der Waals surface area contributed by atoms with Crippen LogP contribution in [0.2, 0.25) is 0 Å². The van der Waals surface area contributed by atoms with Gasteiger partial charge in [-0.3, -0.25) is 4.79 Å². The molecule has 3 heteroatoms. The molecule has 0 aliphatic heterocycles. The van der Waals surface area contributed by atoms with Crippen LogP contribution in [0.25, 0.3) is 0 Å². The fraction of sp³-hybridized carbons (Fsp3) is 0.278. The molecule has 1 amide bonds. The van der Waals surface area contributed by atoms with Gasteiger partial charge in [0.05, 0.1) is 6.42 Å². The van der Waals surface area contributed by atoms with Gasteiger partial charge < -0.3 is 11.1 Å². The second-order valence-corrected chi connectivity index (χ2v) is 5.24. The number of nitrogens with two attached hydrogens (primary N) is 1. The molecule has 2 rings (SSSR count). The molecule has 0 saturated heterocycles. The van der Waals surface area contributed by atoms with Gasteiger partial charge in [0, 0.05) is 5.69 Å². The van der Waals surface area contributed by atoms with Crippen LogP contribution in [0.3, 0.4) is 0 Å². The minimum absolute atomic E-state index is 0.0141. The Labute approximate surface area is 126 Å². The van der Waals surface area contributed by atoms with Crippen LogP contribution in [-0.4, -0.2) is 12.5 Å². The summed E-state index contributed by atoms with van der Waals surface area (Å²) in [5.74, 6) is 0.0141. The molecule has 0 fully saturated rings. The van der Waals surface area contributed by atoms with Crippen LogP contribution >= 0.6 is 0 Å². The molecule has 0 spiro atoms. The summed E-state index contributed by atoms with van der Waals surface area (Å²) in [5.41, 5.74) is 9.79. The van der Waals surface area contributed by atoms with Gasteiger partial charge in [0.1, 0.15) is 0 Å². The molecule has 2 aromatic rings. The molecule has 3 nitrogen and oxygen atoms in total. The van der Waals surface area contributed by atoms with E-state index in [-0.39, 0.29) is 5.91 Å². The van der Waals surface area contributed by atoms with Crippen molar-refractivity contribution < 1.29 is 4.79 Å². The summed E-state index contributed by atoms with van der Waals surface area (Å²) in [6.45, 7) is 2.71. The smallest absolute Gasteiger partial charge is 0.228 e. The lowest BCUT2D eigenvalue weighted by Gasteiger charge is -2.09. The molecule has 0 radical (unpaired) electrons. The Kier molecular flexibility index (Phi) is 5.52. The highest BCUT2D eigenvalue weighted by Gasteiger charge is 2.06. The molecule has 0 heterocycles. The number of benzene rings is 2. The molecule has 21 heavy (non-hydrogen) atoms. The van der Waals surface area contributed by atoms with Gasteiger partial charge in [-0.1, -0.05) is 36.4 Å². The quantitative estimate of drug-likeness (QED) is 0.855. The van der Waals surface area contributed by atoms with E-state index < -0.39 is 0 Å². The first-order valence-corrected chi connectivity index (χ1v) is 7.32. The Morgan fingerprint density at radius 1 is 1.14 bits per heavy atom. The van der Waals surface area contributed by atoms with Crippen LogP contribution in [0.15, 0.2) is 48.5 Å². The monoisotopic (exact) mass is 282 g/mol. The highest BCUT2D eigenvalue weighted by atomic mass is 16.1. The van der Waals surface area contributed by atoms with E-state index in [1.54, 1.807) is 0 Å². The normalized spacial score (nSPS) is 10.4. The third-order valence-electron chi connectivity index (χ3n) is 3.49. The third-order valence-corrected chi connectivity index (χ3v) is 3.49. The van der Waals surface area contributed by atoms with Crippen molar-refractivity contribution in [3.63, 3.8) is 0 Å². The van der Waals surface area contributed by atoms with E-state index >= 15 is 0 Å². The maximum atomic E-state index is 12.1. The van der Waals surface area contributed by atoms with Crippen molar-refractivity contribution in [2.24, 2.45) is 5.73 Å². The van der Waals surface area contributed by atoms with Crippen LogP contribution in [-0.2, 0) is 17.6 Å². The first kappa shape index (κ1) is 15.3. The molecular formula is C18H22N2O. The predicted molar refractivity (Wildman–Crippen MR) is 87.3 cm³/mol. The number of carbonyl (C=O) groups is 1. The molecule has 110 valence electrons. The summed E-state index contributed by atoms with van der Waals surface area (Å²) in [5, 5.41) is 2.96. The van der Waals surface area contributed by atoms with Crippen LogP contribution in [0.4, 0.5) is 5.69 Å². The van der Waals surface area contributed by atoms with Crippen LogP contribution < -0.4 is 11.1 Å². The fourth-order valence-corrected chi connectivity index (χ4v) is 2.30. The molecule has 0 unspecified atom stereocenters. The number of hydrogen-bond donors (Lipinski definition) is 2. The first-order chi connectivity index (χ1) is 10.2. The van der Waals surface area contributed by atoms with Gasteiger partial charge >= 0.3 is 0 Å². The van der Waals surface area contributed by atoms with E-state index in [0.29, 0.717) is 13.0 Å². The number of nitrogens with one attached hydrogen (secondary N) is 1. The van der Waals surface area contributed by atoms with Gasteiger partial charge in [-0.05, 0) is 55.1 Å². The van der Waals surface area contributed by atoms with E-state index in [0.717, 1.165) is 29.7 Å². The molecule has 0 bridgehead atoms. The van der Waals surface area contributed by atoms with Crippen LogP contribution in [0, 0.1) is 6.92 Å². The zero-order valence-corrected chi connectivity index (χ0v) is 12.4. The van der Waals surface area contributed by atoms with Gasteiger partial charge in [0.15, 0.2) is 0 Å². The lowest BCUT2D eigenvalue weighted by atomic mass is 10.1. The Morgan fingerprint density at radius 2 is 1.95 bits per heavy atom. The number of aryl methyl sites for hydroxylation is 2. The van der Waals surface area contributed by atoms with Crippen LogP contribution in [0.1, 0.15) is 23.1 Å². The lowest BCUT2D eigenvalue weighted by Crippen LogP contribution is -2.15. The van der Waals surface area contributed by atoms with Crippen molar-refractivity contribution in [2.45, 2.75) is 26.2 Å². The van der Waals surface area contributed by atoms with Crippen LogP contribution in [0.5, 0.6) is 0 Å². The van der Waals surface area contributed by atoms with Crippen molar-refractivity contribution in [3.8, 4) is 0 Å². The summed E-state index contributed by atoms with van der Waals surface area (Å²) < 4.78 is 0. The fourth-order valence-electron chi connectivity index (χ4n) is 2.30. The highest BCUT2D eigenvalue weighted by molar-refractivity contribution is 5.92. The zero-order valence-electron chi connectivity index (χ0n) is 12.4. The standard InChI is InChI=1S/C18H22N2O/c1-14-6-2-3-9-16(14)13-18(21)20-17-10-4-7-15(12-17)8-5-11-19/h2-4,6-7,9-10,12H,5,8,11,13,19H2,1H3,(H,20,21). The molecule has 2 aromatic carbocycles. The summed E-state index contributed by atoms with van der Waals surface area (Å²) in [6, 6.07) is 15.9. The third kappa shape index (κ3) is 4.72. The summed E-state index contributed by atoms with van der Waals surface area (Å²) in [7, 11) is 0. The van der Waals surface area contributed by atoms with E-state index in [1.807, 2.05) is 49.4 Å². The first-order valence-electron chi connectivity index (χ1n) is 7.32. The Balaban J connectivity index is 1.98. The molecule has 0 aromatic heterocycles. The summed E-state index contributed by atoms with van der Waals surface area (Å²) in [4.78, 5) is 12.1. The summed E-state index contributed by atoms with van der Waals surface area (Å²) in [6.07, 6.45) is 2.30. The lowest BCUT2D eigenvalue weighted by molar-refractivity contribution is -0.115. The minimum Gasteiger partial charge on any atom is -0.330 e. The Morgan fingerprint density at radius 3 is 2.71 bits per heavy atom. The second kappa shape index (κ2) is 7.60. The summed E-state index contributed by atoms with van der Waals surface area (Å²) >= 11 is 0. The largest absolute Gasteiger partial charge is 0.330 e. The van der Waals surface area contributed by atoms with E-state index in [9.17, 15) is 4.79 Å². The van der Waals surface area contributed by atoms with Crippen molar-refractivity contribution in [2.75, 3.05) is 11.9 Å². The SMILES string of the molecule is Cc1ccccc1CC(=O)Nc1cccc(CCCN)c1. The van der Waals surface area contributed by atoms with E-state index in [2.05, 4.69) is 11.4 Å². The molecule has 0 atom stereocenters. The van der Waals surface area contributed by atoms with Crippen molar-refractivity contribution in [3.05, 3.63) is 65.2 Å². The average molecular weight is 282 g/mol. The molecule has 3 N–H and O–H groups in total. The van der Waals surface area contributed by atoms with Crippen molar-refractivity contribution in [1.82, 2.24) is 0 Å². The molecular weight excluding hydrogens is 260 g/mol. The van der Waals surface area contributed by atoms with Crippen molar-refractivity contribution in [1.29, 1.82) is 0 Å². The Bertz CT molecular complexity index is 608. The second-order valence-electron chi connectivity index (χ2n) is 5.24. The number of hydrogen-bond acceptors (Lipinski definition) is 2. The highest BCUT2D eigenvalue weighted by Crippen LogP contribution is 2.14. The molecule has 0 saturated carbocycles. The van der Waals surface area contributed by atoms with Gasteiger partial charge in [-0.25, -0.2) is 0 Å². The van der Waals surface area contributed by atoms with Gasteiger partial charge in [-0.15, -0.1) is 0 Å². The number of amides is 1. The van der Waals surface area contributed by atoms with Gasteiger partial charge in [0.25, 0.3) is 0 Å². The number of anilines is 1. The Hall–Kier alpha value is -2.13. The number of rotatable bonds is 6. The zero-order chi connectivity index (χ0) is 15.1. The topological polar surface area (TPSA) is 55.1 Å². The molecule has 0 aliphatic rings. The van der Waals surface area contributed by atoms with Gasteiger partial charge in [-0.2, -0.15) is 0 Å². The van der Waals surface area contributed by atoms with Crippen molar-refractivity contribution >= 4 is 11.6 Å². The van der Waals surface area contributed by atoms with E-state index in [1.165, 1.54) is 5.56 Å². The average Bonchev–Trinajstić information content (AvgIpc) is 2.48. The van der Waals surface area contributed by atoms with Gasteiger partial charge in [0.2, 0.25) is 5.91 Å². The molecule has 0 aliphatic carbocycles. The minimum atomic E-state index is 0.0141. The number of carbonyl (C=O) groups excluding carboxylic acids is 1. The maximum Gasteiger partial charge on any atom is 0.228 e.